The van der Waals surface area contributed by atoms with Crippen LogP contribution < -0.4 is 0 Å². The van der Waals surface area contributed by atoms with E-state index >= 15 is 0 Å². The molecule has 3 aliphatic heterocycles. The zero-order valence-electron chi connectivity index (χ0n) is 22.7. The van der Waals surface area contributed by atoms with E-state index in [0.717, 1.165) is 32.1 Å². The van der Waals surface area contributed by atoms with Crippen LogP contribution in [0.25, 0.3) is 0 Å². The molecular weight excluding hydrogens is 550 g/mol. The summed E-state index contributed by atoms with van der Waals surface area (Å²) in [5.74, 6) is -1.70. The van der Waals surface area contributed by atoms with Crippen LogP contribution >= 0.6 is 15.9 Å². The standard InChI is InChI=1S/C29H44BrN3O5/c1-4-14-31(15-5-2)26(35)22-23-27(36)33(17-10-11-18-34)25(29(23)19-21(30)24(22)38-29)28(37)32(16-6-3)20-12-8-7-9-13-20/h4,6,20-25,34H,1,3,5,7-19H2,2H3/t21?,22-,23+,24-,25?,29?/m1/s1. The minimum Gasteiger partial charge on any atom is -0.396 e. The molecule has 1 N–H and O–H groups in total. The molecule has 6 atom stereocenters. The topological polar surface area (TPSA) is 90.4 Å². The summed E-state index contributed by atoms with van der Waals surface area (Å²) in [5, 5.41) is 9.41. The lowest BCUT2D eigenvalue weighted by molar-refractivity contribution is -0.150. The van der Waals surface area contributed by atoms with Crippen molar-refractivity contribution in [1.29, 1.82) is 0 Å². The Morgan fingerprint density at radius 1 is 1.16 bits per heavy atom. The molecule has 4 aliphatic rings. The van der Waals surface area contributed by atoms with Crippen molar-refractivity contribution in [3.63, 3.8) is 0 Å². The molecule has 0 aromatic carbocycles. The third-order valence-electron chi connectivity index (χ3n) is 8.89. The van der Waals surface area contributed by atoms with Crippen LogP contribution in [-0.2, 0) is 19.1 Å². The van der Waals surface area contributed by atoms with E-state index in [2.05, 4.69) is 29.1 Å². The first kappa shape index (κ1) is 29.3. The van der Waals surface area contributed by atoms with Gasteiger partial charge in [-0.15, -0.1) is 13.2 Å². The van der Waals surface area contributed by atoms with E-state index in [1.54, 1.807) is 22.0 Å². The van der Waals surface area contributed by atoms with Gasteiger partial charge in [0, 0.05) is 43.7 Å². The van der Waals surface area contributed by atoms with Crippen LogP contribution in [0, 0.1) is 11.8 Å². The zero-order chi connectivity index (χ0) is 27.4. The molecule has 3 heterocycles. The van der Waals surface area contributed by atoms with E-state index in [9.17, 15) is 19.5 Å². The van der Waals surface area contributed by atoms with E-state index in [1.807, 2.05) is 11.8 Å². The van der Waals surface area contributed by atoms with Crippen LogP contribution in [0.5, 0.6) is 0 Å². The van der Waals surface area contributed by atoms with Crippen LogP contribution in [0.1, 0.15) is 64.7 Å². The van der Waals surface area contributed by atoms with Crippen molar-refractivity contribution < 1.29 is 24.2 Å². The number of aliphatic hydroxyl groups excluding tert-OH is 1. The van der Waals surface area contributed by atoms with Gasteiger partial charge >= 0.3 is 0 Å². The highest BCUT2D eigenvalue weighted by Crippen LogP contribution is 2.60. The number of rotatable bonds is 13. The Kier molecular flexibility index (Phi) is 9.74. The lowest BCUT2D eigenvalue weighted by Gasteiger charge is -2.41. The second-order valence-electron chi connectivity index (χ2n) is 11.3. The van der Waals surface area contributed by atoms with Gasteiger partial charge < -0.3 is 24.5 Å². The molecule has 1 saturated carbocycles. The number of aliphatic hydroxyl groups is 1. The summed E-state index contributed by atoms with van der Waals surface area (Å²) in [4.78, 5) is 47.9. The molecule has 8 nitrogen and oxygen atoms in total. The van der Waals surface area contributed by atoms with Crippen LogP contribution in [0.15, 0.2) is 25.3 Å². The summed E-state index contributed by atoms with van der Waals surface area (Å²) in [6, 6.07) is -0.676. The highest BCUT2D eigenvalue weighted by molar-refractivity contribution is 9.09. The molecule has 4 rings (SSSR count). The fraction of sp³-hybridized carbons (Fsp3) is 0.759. The van der Waals surface area contributed by atoms with Crippen LogP contribution in [0.3, 0.4) is 0 Å². The molecule has 0 radical (unpaired) electrons. The summed E-state index contributed by atoms with van der Waals surface area (Å²) in [5.41, 5.74) is -1.05. The Balaban J connectivity index is 1.73. The molecular formula is C29H44BrN3O5. The summed E-state index contributed by atoms with van der Waals surface area (Å²) in [6.45, 7) is 11.5. The summed E-state index contributed by atoms with van der Waals surface area (Å²) >= 11 is 3.77. The Morgan fingerprint density at radius 3 is 2.50 bits per heavy atom. The van der Waals surface area contributed by atoms with Gasteiger partial charge in [-0.2, -0.15) is 0 Å². The number of hydrogen-bond acceptors (Lipinski definition) is 5. The fourth-order valence-electron chi connectivity index (χ4n) is 7.36. The molecule has 2 bridgehead atoms. The number of carbonyl (C=O) groups excluding carboxylic acids is 3. The van der Waals surface area contributed by atoms with Crippen LogP contribution in [0.2, 0.25) is 0 Å². The predicted octanol–water partition coefficient (Wildman–Crippen LogP) is 3.28. The van der Waals surface area contributed by atoms with E-state index in [1.165, 1.54) is 6.42 Å². The maximum atomic E-state index is 14.5. The summed E-state index contributed by atoms with van der Waals surface area (Å²) in [7, 11) is 0. The number of fused-ring (bicyclic) bond motifs is 1. The first-order valence-electron chi connectivity index (χ1n) is 14.4. The van der Waals surface area contributed by atoms with Gasteiger partial charge in [-0.1, -0.05) is 54.3 Å². The maximum Gasteiger partial charge on any atom is 0.248 e. The molecule has 4 fully saturated rings. The highest BCUT2D eigenvalue weighted by atomic mass is 79.9. The van der Waals surface area contributed by atoms with Crippen molar-refractivity contribution in [2.45, 2.75) is 93.3 Å². The first-order valence-corrected chi connectivity index (χ1v) is 15.3. The minimum atomic E-state index is -1.05. The number of amides is 3. The van der Waals surface area contributed by atoms with Crippen molar-refractivity contribution in [2.75, 3.05) is 32.8 Å². The molecule has 1 aliphatic carbocycles. The lowest BCUT2D eigenvalue weighted by atomic mass is 9.70. The quantitative estimate of drug-likeness (QED) is 0.201. The monoisotopic (exact) mass is 593 g/mol. The Bertz CT molecular complexity index is 909. The third kappa shape index (κ3) is 5.10. The number of halogens is 1. The van der Waals surface area contributed by atoms with Crippen molar-refractivity contribution in [2.24, 2.45) is 11.8 Å². The Labute approximate surface area is 235 Å². The van der Waals surface area contributed by atoms with Crippen LogP contribution in [0.4, 0.5) is 0 Å². The Hall–Kier alpha value is -1.71. The normalized spacial score (nSPS) is 32.3. The van der Waals surface area contributed by atoms with E-state index in [-0.39, 0.29) is 35.2 Å². The lowest BCUT2D eigenvalue weighted by Crippen LogP contribution is -2.59. The molecule has 9 heteroatoms. The molecule has 212 valence electrons. The van der Waals surface area contributed by atoms with Crippen molar-refractivity contribution in [3.05, 3.63) is 25.3 Å². The predicted molar refractivity (Wildman–Crippen MR) is 150 cm³/mol. The second-order valence-corrected chi connectivity index (χ2v) is 12.4. The molecule has 0 aromatic rings. The van der Waals surface area contributed by atoms with E-state index < -0.39 is 29.6 Å². The molecule has 0 aromatic heterocycles. The van der Waals surface area contributed by atoms with E-state index in [4.69, 9.17) is 4.74 Å². The maximum absolute atomic E-state index is 14.5. The number of carbonyl (C=O) groups is 3. The average Bonchev–Trinajstić information content (AvgIpc) is 3.50. The highest BCUT2D eigenvalue weighted by Gasteiger charge is 2.76. The number of hydrogen-bond donors (Lipinski definition) is 1. The van der Waals surface area contributed by atoms with Gasteiger partial charge in [0.25, 0.3) is 0 Å². The first-order chi connectivity index (χ1) is 18.4. The summed E-state index contributed by atoms with van der Waals surface area (Å²) in [6.07, 6.45) is 10.7. The van der Waals surface area contributed by atoms with Crippen LogP contribution in [-0.4, -0.2) is 98.9 Å². The zero-order valence-corrected chi connectivity index (χ0v) is 24.3. The third-order valence-corrected chi connectivity index (χ3v) is 9.74. The number of unbranched alkanes of at least 4 members (excludes halogenated alkanes) is 1. The average molecular weight is 595 g/mol. The van der Waals surface area contributed by atoms with Gasteiger partial charge in [0.15, 0.2) is 0 Å². The molecule has 3 unspecified atom stereocenters. The number of ether oxygens (including phenoxy) is 1. The molecule has 1 spiro atoms. The summed E-state index contributed by atoms with van der Waals surface area (Å²) < 4.78 is 6.69. The molecule has 3 amide bonds. The van der Waals surface area contributed by atoms with Crippen molar-refractivity contribution in [1.82, 2.24) is 14.7 Å². The Morgan fingerprint density at radius 2 is 1.87 bits per heavy atom. The largest absolute Gasteiger partial charge is 0.396 e. The minimum absolute atomic E-state index is 0.0244. The number of likely N-dealkylation sites (tertiary alicyclic amines) is 1. The van der Waals surface area contributed by atoms with Gasteiger partial charge in [0.2, 0.25) is 17.7 Å². The molecule has 38 heavy (non-hydrogen) atoms. The second kappa shape index (κ2) is 12.6. The van der Waals surface area contributed by atoms with Crippen molar-refractivity contribution in [3.8, 4) is 0 Å². The van der Waals surface area contributed by atoms with Crippen molar-refractivity contribution >= 4 is 33.7 Å². The van der Waals surface area contributed by atoms with Gasteiger partial charge in [-0.05, 0) is 38.5 Å². The number of nitrogens with zero attached hydrogens (tertiary/aromatic N) is 3. The smallest absolute Gasteiger partial charge is 0.248 e. The molecule has 3 saturated heterocycles. The van der Waals surface area contributed by atoms with Gasteiger partial charge in [-0.25, -0.2) is 0 Å². The van der Waals surface area contributed by atoms with E-state index in [0.29, 0.717) is 45.4 Å². The SMILES string of the molecule is C=CCN(CCC)C(=O)[C@H]1[C@@H]2OC3(CC2Br)C(C(=O)N(CC=C)C2CCCCC2)N(CCCCO)C(=O)[C@H]13. The van der Waals surface area contributed by atoms with Gasteiger partial charge in [0.05, 0.1) is 17.9 Å². The fourth-order valence-corrected chi connectivity index (χ4v) is 8.30. The van der Waals surface area contributed by atoms with Gasteiger partial charge in [0.1, 0.15) is 11.6 Å². The van der Waals surface area contributed by atoms with Gasteiger partial charge in [-0.3, -0.25) is 14.4 Å². The number of alkyl halides is 1.